The topological polar surface area (TPSA) is 29.5 Å². The minimum absolute atomic E-state index is 0.0573. The van der Waals surface area contributed by atoms with Crippen molar-refractivity contribution in [2.45, 2.75) is 31.9 Å². The summed E-state index contributed by atoms with van der Waals surface area (Å²) in [6.07, 6.45) is 9.71. The second kappa shape index (κ2) is 7.07. The minimum atomic E-state index is -0.216. The van der Waals surface area contributed by atoms with Gasteiger partial charge in [0.15, 0.2) is 0 Å². The number of esters is 1. The molecule has 1 aliphatic rings. The van der Waals surface area contributed by atoms with Crippen LogP contribution in [0.2, 0.25) is 0 Å². The molecule has 3 heteroatoms. The minimum Gasteiger partial charge on any atom is -0.458 e. The van der Waals surface area contributed by atoms with Crippen molar-refractivity contribution >= 4 is 5.97 Å². The predicted molar refractivity (Wildman–Crippen MR) is 69.7 cm³/mol. The number of carbonyl (C=O) groups excluding carboxylic acids is 1. The Morgan fingerprint density at radius 2 is 2.00 bits per heavy atom. The van der Waals surface area contributed by atoms with Gasteiger partial charge in [-0.15, -0.1) is 13.2 Å². The Labute approximate surface area is 103 Å². The second-order valence-corrected chi connectivity index (χ2v) is 4.21. The second-order valence-electron chi connectivity index (χ2n) is 4.21. The SMILES string of the molecule is C=CCN(CC=C)[C@H]1C=C[C@@H](OC(C)=O)CC1. The van der Waals surface area contributed by atoms with Gasteiger partial charge in [-0.05, 0) is 18.9 Å². The molecule has 0 unspecified atom stereocenters. The van der Waals surface area contributed by atoms with Crippen molar-refractivity contribution in [3.05, 3.63) is 37.5 Å². The number of carbonyl (C=O) groups is 1. The summed E-state index contributed by atoms with van der Waals surface area (Å²) >= 11 is 0. The van der Waals surface area contributed by atoms with Gasteiger partial charge in [0, 0.05) is 26.1 Å². The average molecular weight is 235 g/mol. The van der Waals surface area contributed by atoms with Crippen LogP contribution in [0.15, 0.2) is 37.5 Å². The highest BCUT2D eigenvalue weighted by atomic mass is 16.5. The van der Waals surface area contributed by atoms with E-state index < -0.39 is 0 Å². The van der Waals surface area contributed by atoms with Crippen LogP contribution in [0.4, 0.5) is 0 Å². The zero-order chi connectivity index (χ0) is 12.7. The Kier molecular flexibility index (Phi) is 5.70. The Bertz CT molecular complexity index is 299. The third kappa shape index (κ3) is 4.57. The zero-order valence-electron chi connectivity index (χ0n) is 10.5. The quantitative estimate of drug-likeness (QED) is 0.522. The molecule has 0 fully saturated rings. The lowest BCUT2D eigenvalue weighted by atomic mass is 9.99. The summed E-state index contributed by atoms with van der Waals surface area (Å²) < 4.78 is 5.15. The van der Waals surface area contributed by atoms with Gasteiger partial charge < -0.3 is 4.74 Å². The molecule has 0 aromatic rings. The first-order valence-corrected chi connectivity index (χ1v) is 5.98. The van der Waals surface area contributed by atoms with Crippen molar-refractivity contribution in [1.29, 1.82) is 0 Å². The van der Waals surface area contributed by atoms with E-state index >= 15 is 0 Å². The van der Waals surface area contributed by atoms with E-state index in [1.54, 1.807) is 0 Å². The van der Waals surface area contributed by atoms with E-state index in [0.29, 0.717) is 6.04 Å². The van der Waals surface area contributed by atoms with Gasteiger partial charge in [0.05, 0.1) is 0 Å². The van der Waals surface area contributed by atoms with Gasteiger partial charge in [0.2, 0.25) is 0 Å². The summed E-state index contributed by atoms with van der Waals surface area (Å²) in [4.78, 5) is 13.1. The maximum absolute atomic E-state index is 10.8. The number of hydrogen-bond donors (Lipinski definition) is 0. The molecule has 94 valence electrons. The molecular formula is C14H21NO2. The van der Waals surface area contributed by atoms with E-state index in [1.807, 2.05) is 18.2 Å². The van der Waals surface area contributed by atoms with Crippen LogP contribution in [0.25, 0.3) is 0 Å². The molecule has 3 nitrogen and oxygen atoms in total. The van der Waals surface area contributed by atoms with E-state index in [-0.39, 0.29) is 12.1 Å². The lowest BCUT2D eigenvalue weighted by molar-refractivity contribution is -0.144. The van der Waals surface area contributed by atoms with E-state index in [4.69, 9.17) is 4.74 Å². The van der Waals surface area contributed by atoms with Gasteiger partial charge in [0.1, 0.15) is 6.10 Å². The molecule has 0 spiro atoms. The Hall–Kier alpha value is -1.35. The lowest BCUT2D eigenvalue weighted by Crippen LogP contribution is -2.37. The number of nitrogens with zero attached hydrogens (tertiary/aromatic N) is 1. The molecule has 17 heavy (non-hydrogen) atoms. The highest BCUT2D eigenvalue weighted by molar-refractivity contribution is 5.66. The predicted octanol–water partition coefficient (Wildman–Crippen LogP) is 2.31. The average Bonchev–Trinajstić information content (AvgIpc) is 2.29. The van der Waals surface area contributed by atoms with Crippen molar-refractivity contribution in [2.75, 3.05) is 13.1 Å². The van der Waals surface area contributed by atoms with Crippen LogP contribution in [0.1, 0.15) is 19.8 Å². The molecule has 0 aromatic heterocycles. The fourth-order valence-electron chi connectivity index (χ4n) is 2.07. The molecule has 0 bridgehead atoms. The van der Waals surface area contributed by atoms with Gasteiger partial charge in [-0.2, -0.15) is 0 Å². The summed E-state index contributed by atoms with van der Waals surface area (Å²) in [7, 11) is 0. The van der Waals surface area contributed by atoms with E-state index in [2.05, 4.69) is 24.1 Å². The number of ether oxygens (including phenoxy) is 1. The van der Waals surface area contributed by atoms with Crippen molar-refractivity contribution < 1.29 is 9.53 Å². The largest absolute Gasteiger partial charge is 0.458 e. The molecule has 0 saturated heterocycles. The normalized spacial score (nSPS) is 23.4. The molecule has 0 aliphatic heterocycles. The van der Waals surface area contributed by atoms with Gasteiger partial charge in [0.25, 0.3) is 0 Å². The van der Waals surface area contributed by atoms with Gasteiger partial charge in [-0.3, -0.25) is 9.69 Å². The van der Waals surface area contributed by atoms with Crippen LogP contribution < -0.4 is 0 Å². The summed E-state index contributed by atoms with van der Waals surface area (Å²) in [6.45, 7) is 10.7. The van der Waals surface area contributed by atoms with Gasteiger partial charge in [-0.1, -0.05) is 18.2 Å². The maximum atomic E-state index is 10.8. The van der Waals surface area contributed by atoms with Gasteiger partial charge >= 0.3 is 5.97 Å². The summed E-state index contributed by atoms with van der Waals surface area (Å²) in [5, 5.41) is 0. The fourth-order valence-corrected chi connectivity index (χ4v) is 2.07. The highest BCUT2D eigenvalue weighted by Crippen LogP contribution is 2.19. The molecule has 2 atom stereocenters. The van der Waals surface area contributed by atoms with Crippen LogP contribution >= 0.6 is 0 Å². The van der Waals surface area contributed by atoms with Crippen LogP contribution in [0.3, 0.4) is 0 Å². The first kappa shape index (κ1) is 13.7. The monoisotopic (exact) mass is 235 g/mol. The van der Waals surface area contributed by atoms with Gasteiger partial charge in [-0.25, -0.2) is 0 Å². The molecule has 0 amide bonds. The standard InChI is InChI=1S/C14H21NO2/c1-4-10-15(11-5-2)13-6-8-14(9-7-13)17-12(3)16/h4-6,8,13-14H,1-2,7,9-11H2,3H3/t13-,14+/m0/s1. The van der Waals surface area contributed by atoms with Crippen LogP contribution in [0, 0.1) is 0 Å². The van der Waals surface area contributed by atoms with E-state index in [1.165, 1.54) is 6.92 Å². The smallest absolute Gasteiger partial charge is 0.303 e. The van der Waals surface area contributed by atoms with E-state index in [0.717, 1.165) is 25.9 Å². The van der Waals surface area contributed by atoms with Crippen LogP contribution in [0.5, 0.6) is 0 Å². The third-order valence-electron chi connectivity index (χ3n) is 2.81. The Morgan fingerprint density at radius 1 is 1.35 bits per heavy atom. The van der Waals surface area contributed by atoms with Crippen molar-refractivity contribution in [3.63, 3.8) is 0 Å². The first-order valence-electron chi connectivity index (χ1n) is 5.98. The number of hydrogen-bond acceptors (Lipinski definition) is 3. The van der Waals surface area contributed by atoms with Crippen molar-refractivity contribution in [3.8, 4) is 0 Å². The summed E-state index contributed by atoms with van der Waals surface area (Å²) in [5.41, 5.74) is 0. The Morgan fingerprint density at radius 3 is 2.41 bits per heavy atom. The first-order chi connectivity index (χ1) is 8.17. The molecule has 0 heterocycles. The molecule has 0 radical (unpaired) electrons. The zero-order valence-corrected chi connectivity index (χ0v) is 10.5. The Balaban J connectivity index is 2.54. The van der Waals surface area contributed by atoms with Crippen LogP contribution in [-0.4, -0.2) is 36.1 Å². The van der Waals surface area contributed by atoms with Crippen LogP contribution in [-0.2, 0) is 9.53 Å². The van der Waals surface area contributed by atoms with Crippen molar-refractivity contribution in [1.82, 2.24) is 4.90 Å². The highest BCUT2D eigenvalue weighted by Gasteiger charge is 2.21. The van der Waals surface area contributed by atoms with Crippen molar-refractivity contribution in [2.24, 2.45) is 0 Å². The fraction of sp³-hybridized carbons (Fsp3) is 0.500. The summed E-state index contributed by atoms with van der Waals surface area (Å²) in [5.74, 6) is -0.216. The summed E-state index contributed by atoms with van der Waals surface area (Å²) in [6, 6.07) is 0.387. The molecule has 0 aromatic carbocycles. The molecule has 1 rings (SSSR count). The maximum Gasteiger partial charge on any atom is 0.303 e. The molecule has 0 N–H and O–H groups in total. The lowest BCUT2D eigenvalue weighted by Gasteiger charge is -2.31. The molecule has 0 saturated carbocycles. The molecule has 1 aliphatic carbocycles. The number of rotatable bonds is 6. The van der Waals surface area contributed by atoms with E-state index in [9.17, 15) is 4.79 Å². The third-order valence-corrected chi connectivity index (χ3v) is 2.81. The molecular weight excluding hydrogens is 214 g/mol.